The van der Waals surface area contributed by atoms with Gasteiger partial charge in [-0.3, -0.25) is 14.6 Å². The first kappa shape index (κ1) is 20.2. The van der Waals surface area contributed by atoms with Gasteiger partial charge in [0.05, 0.1) is 34.7 Å². The molecule has 1 saturated carbocycles. The van der Waals surface area contributed by atoms with Crippen molar-refractivity contribution in [3.8, 4) is 17.3 Å². The van der Waals surface area contributed by atoms with Gasteiger partial charge < -0.3 is 20.1 Å². The highest BCUT2D eigenvalue weighted by Crippen LogP contribution is 2.45. The number of nitrogens with zero attached hydrogens (tertiary/aromatic N) is 4. The summed E-state index contributed by atoms with van der Waals surface area (Å²) in [6.45, 7) is 1.93. The summed E-state index contributed by atoms with van der Waals surface area (Å²) in [5, 5.41) is 7.98. The molecule has 2 amide bonds. The number of pyridine rings is 1. The molecule has 0 saturated heterocycles. The standard InChI is InChI=1S/C22H19ClN6O3/c1-12-27-19(32-28-12)18-17(23)15-4-2-3-5-16(15)29(18)14-7-6-13(25-11-14)10-26-21(31)22(8-9-22)20(24)30/h2-7,11H,8-10H2,1H3,(H2,24,30)(H,26,31). The van der Waals surface area contributed by atoms with Crippen molar-refractivity contribution in [3.63, 3.8) is 0 Å². The maximum atomic E-state index is 12.3. The van der Waals surface area contributed by atoms with Crippen molar-refractivity contribution in [2.24, 2.45) is 11.1 Å². The van der Waals surface area contributed by atoms with Crippen LogP contribution in [0.5, 0.6) is 0 Å². The van der Waals surface area contributed by atoms with Gasteiger partial charge in [-0.2, -0.15) is 4.98 Å². The lowest BCUT2D eigenvalue weighted by Crippen LogP contribution is -2.40. The Labute approximate surface area is 187 Å². The molecule has 0 unspecified atom stereocenters. The molecule has 9 nitrogen and oxygen atoms in total. The smallest absolute Gasteiger partial charge is 0.276 e. The number of aromatic nitrogens is 4. The normalized spacial score (nSPS) is 14.4. The minimum atomic E-state index is -1.06. The van der Waals surface area contributed by atoms with E-state index >= 15 is 0 Å². The third-order valence-electron chi connectivity index (χ3n) is 5.70. The predicted molar refractivity (Wildman–Crippen MR) is 117 cm³/mol. The van der Waals surface area contributed by atoms with Crippen LogP contribution in [0.4, 0.5) is 0 Å². The van der Waals surface area contributed by atoms with Gasteiger partial charge in [-0.05, 0) is 38.0 Å². The Morgan fingerprint density at radius 2 is 2.03 bits per heavy atom. The number of carbonyl (C=O) groups is 2. The summed E-state index contributed by atoms with van der Waals surface area (Å²) in [5.41, 5.74) is 7.12. The minimum Gasteiger partial charge on any atom is -0.369 e. The Hall–Kier alpha value is -3.72. The van der Waals surface area contributed by atoms with Gasteiger partial charge in [0, 0.05) is 5.39 Å². The minimum absolute atomic E-state index is 0.192. The molecule has 0 aliphatic heterocycles. The Morgan fingerprint density at radius 1 is 1.25 bits per heavy atom. The van der Waals surface area contributed by atoms with Crippen LogP contribution in [0.1, 0.15) is 24.4 Å². The molecule has 1 aliphatic carbocycles. The number of hydrogen-bond acceptors (Lipinski definition) is 6. The number of nitrogens with one attached hydrogen (secondary N) is 1. The summed E-state index contributed by atoms with van der Waals surface area (Å²) < 4.78 is 7.31. The molecule has 32 heavy (non-hydrogen) atoms. The third-order valence-corrected chi connectivity index (χ3v) is 6.08. The van der Waals surface area contributed by atoms with Gasteiger partial charge in [0.15, 0.2) is 5.82 Å². The molecule has 3 aromatic heterocycles. The van der Waals surface area contributed by atoms with Gasteiger partial charge in [-0.25, -0.2) is 0 Å². The van der Waals surface area contributed by atoms with Crippen molar-refractivity contribution in [3.05, 3.63) is 59.1 Å². The van der Waals surface area contributed by atoms with E-state index in [1.807, 2.05) is 34.9 Å². The Morgan fingerprint density at radius 3 is 2.66 bits per heavy atom. The monoisotopic (exact) mass is 450 g/mol. The number of amides is 2. The molecular weight excluding hydrogens is 432 g/mol. The first-order valence-electron chi connectivity index (χ1n) is 10.0. The highest BCUT2D eigenvalue weighted by molar-refractivity contribution is 6.38. The van der Waals surface area contributed by atoms with E-state index in [0.717, 1.165) is 16.6 Å². The molecule has 0 atom stereocenters. The molecule has 4 aromatic rings. The van der Waals surface area contributed by atoms with Gasteiger partial charge in [-0.1, -0.05) is 35.0 Å². The number of carbonyl (C=O) groups excluding carboxylic acids is 2. The second-order valence-electron chi connectivity index (χ2n) is 7.80. The molecule has 1 fully saturated rings. The van der Waals surface area contributed by atoms with E-state index in [9.17, 15) is 9.59 Å². The Bertz CT molecular complexity index is 1350. The number of halogens is 1. The van der Waals surface area contributed by atoms with E-state index in [4.69, 9.17) is 21.9 Å². The zero-order chi connectivity index (χ0) is 22.5. The molecule has 5 rings (SSSR count). The van der Waals surface area contributed by atoms with Gasteiger partial charge >= 0.3 is 0 Å². The molecule has 0 spiro atoms. The van der Waals surface area contributed by atoms with E-state index in [1.165, 1.54) is 0 Å². The second kappa shape index (κ2) is 7.45. The van der Waals surface area contributed by atoms with Gasteiger partial charge in [0.2, 0.25) is 11.8 Å². The molecule has 1 aromatic carbocycles. The fraction of sp³-hybridized carbons (Fsp3) is 0.227. The summed E-state index contributed by atoms with van der Waals surface area (Å²) in [5.74, 6) is -0.130. The molecule has 3 N–H and O–H groups in total. The Kier molecular flexibility index (Phi) is 4.70. The highest BCUT2D eigenvalue weighted by atomic mass is 35.5. The fourth-order valence-electron chi connectivity index (χ4n) is 3.76. The third kappa shape index (κ3) is 3.21. The number of primary amides is 1. The van der Waals surface area contributed by atoms with E-state index in [0.29, 0.717) is 41.0 Å². The molecular formula is C22H19ClN6O3. The van der Waals surface area contributed by atoms with Gasteiger partial charge in [-0.15, -0.1) is 0 Å². The van der Waals surface area contributed by atoms with Gasteiger partial charge in [0.1, 0.15) is 11.1 Å². The number of aryl methyl sites for hydroxylation is 1. The number of hydrogen-bond donors (Lipinski definition) is 2. The van der Waals surface area contributed by atoms with E-state index in [-0.39, 0.29) is 12.5 Å². The van der Waals surface area contributed by atoms with E-state index in [1.54, 1.807) is 19.2 Å². The highest BCUT2D eigenvalue weighted by Gasteiger charge is 2.55. The maximum absolute atomic E-state index is 12.3. The number of benzene rings is 1. The van der Waals surface area contributed by atoms with Crippen LogP contribution >= 0.6 is 11.6 Å². The summed E-state index contributed by atoms with van der Waals surface area (Å²) >= 11 is 6.69. The number of para-hydroxylation sites is 1. The van der Waals surface area contributed by atoms with Gasteiger partial charge in [0.25, 0.3) is 5.89 Å². The molecule has 1 aliphatic rings. The molecule has 0 radical (unpaired) electrons. The predicted octanol–water partition coefficient (Wildman–Crippen LogP) is 2.92. The topological polar surface area (TPSA) is 129 Å². The molecule has 10 heteroatoms. The van der Waals surface area contributed by atoms with Crippen molar-refractivity contribution >= 4 is 34.3 Å². The van der Waals surface area contributed by atoms with Crippen LogP contribution in [0, 0.1) is 12.3 Å². The quantitative estimate of drug-likeness (QED) is 0.434. The van der Waals surface area contributed by atoms with E-state index in [2.05, 4.69) is 20.4 Å². The summed E-state index contributed by atoms with van der Waals surface area (Å²) in [7, 11) is 0. The van der Waals surface area contributed by atoms with Crippen molar-refractivity contribution in [2.75, 3.05) is 0 Å². The number of fused-ring (bicyclic) bond motifs is 1. The summed E-state index contributed by atoms with van der Waals surface area (Å²) in [6, 6.07) is 11.4. The van der Waals surface area contributed by atoms with Crippen LogP contribution in [0.2, 0.25) is 5.02 Å². The fourth-order valence-corrected chi connectivity index (χ4v) is 4.08. The Balaban J connectivity index is 1.47. The lowest BCUT2D eigenvalue weighted by Gasteiger charge is -2.12. The van der Waals surface area contributed by atoms with Crippen molar-refractivity contribution in [1.82, 2.24) is 25.0 Å². The second-order valence-corrected chi connectivity index (χ2v) is 8.18. The summed E-state index contributed by atoms with van der Waals surface area (Å²) in [6.07, 6.45) is 2.65. The van der Waals surface area contributed by atoms with Crippen LogP contribution < -0.4 is 11.1 Å². The first-order valence-corrected chi connectivity index (χ1v) is 10.4. The lowest BCUT2D eigenvalue weighted by atomic mass is 10.1. The first-order chi connectivity index (χ1) is 15.4. The average molecular weight is 451 g/mol. The van der Waals surface area contributed by atoms with Crippen LogP contribution in [0.25, 0.3) is 28.2 Å². The maximum Gasteiger partial charge on any atom is 0.276 e. The molecule has 3 heterocycles. The zero-order valence-corrected chi connectivity index (χ0v) is 17.9. The van der Waals surface area contributed by atoms with Crippen LogP contribution in [0.15, 0.2) is 47.1 Å². The largest absolute Gasteiger partial charge is 0.369 e. The van der Waals surface area contributed by atoms with Crippen LogP contribution in [0.3, 0.4) is 0 Å². The van der Waals surface area contributed by atoms with E-state index < -0.39 is 11.3 Å². The van der Waals surface area contributed by atoms with Crippen molar-refractivity contribution in [1.29, 1.82) is 0 Å². The number of nitrogens with two attached hydrogens (primary N) is 1. The average Bonchev–Trinajstić information content (AvgIpc) is 3.43. The number of rotatable bonds is 6. The molecule has 162 valence electrons. The van der Waals surface area contributed by atoms with Crippen LogP contribution in [-0.2, 0) is 16.1 Å². The SMILES string of the molecule is Cc1noc(-c2c(Cl)c3ccccc3n2-c2ccc(CNC(=O)C3(C(N)=O)CC3)nc2)n1. The van der Waals surface area contributed by atoms with Crippen molar-refractivity contribution in [2.45, 2.75) is 26.3 Å². The summed E-state index contributed by atoms with van der Waals surface area (Å²) in [4.78, 5) is 32.6. The zero-order valence-electron chi connectivity index (χ0n) is 17.1. The van der Waals surface area contributed by atoms with Crippen LogP contribution in [-0.4, -0.2) is 31.5 Å². The lowest BCUT2D eigenvalue weighted by molar-refractivity contribution is -0.135. The van der Waals surface area contributed by atoms with Crippen molar-refractivity contribution < 1.29 is 14.1 Å². The molecule has 0 bridgehead atoms.